The van der Waals surface area contributed by atoms with Crippen LogP contribution in [-0.4, -0.2) is 13.1 Å². The number of halogens is 3. The van der Waals surface area contributed by atoms with Gasteiger partial charge in [-0.2, -0.15) is 0 Å². The van der Waals surface area contributed by atoms with Crippen LogP contribution >= 0.6 is 0 Å². The molecule has 2 nitrogen and oxygen atoms in total. The summed E-state index contributed by atoms with van der Waals surface area (Å²) in [6.45, 7) is 0.884. The van der Waals surface area contributed by atoms with Gasteiger partial charge in [-0.1, -0.05) is 0 Å². The highest BCUT2D eigenvalue weighted by atomic mass is 19.2. The molecule has 0 amide bonds. The van der Waals surface area contributed by atoms with E-state index in [1.54, 1.807) is 0 Å². The van der Waals surface area contributed by atoms with E-state index in [9.17, 15) is 13.2 Å². The Hall–Kier alpha value is -1.07. The maximum atomic E-state index is 12.8. The predicted octanol–water partition coefficient (Wildman–Crippen LogP) is 0.861. The van der Waals surface area contributed by atoms with E-state index in [4.69, 9.17) is 5.73 Å². The van der Waals surface area contributed by atoms with Crippen molar-refractivity contribution in [2.75, 3.05) is 13.1 Å². The zero-order valence-corrected chi connectivity index (χ0v) is 7.28. The van der Waals surface area contributed by atoms with Gasteiger partial charge in [-0.15, -0.1) is 0 Å². The average Bonchev–Trinajstić information content (AvgIpc) is 2.09. The van der Waals surface area contributed by atoms with Crippen molar-refractivity contribution in [3.8, 4) is 0 Å². The smallest absolute Gasteiger partial charge is 0.194 e. The van der Waals surface area contributed by atoms with Crippen LogP contribution < -0.4 is 11.1 Å². The zero-order chi connectivity index (χ0) is 10.3. The molecule has 0 radical (unpaired) electrons. The molecule has 3 N–H and O–H groups in total. The van der Waals surface area contributed by atoms with Crippen LogP contribution in [0.1, 0.15) is 5.56 Å². The summed E-state index contributed by atoms with van der Waals surface area (Å²) < 4.78 is 38.3. The van der Waals surface area contributed by atoms with E-state index in [0.717, 1.165) is 12.1 Å². The third kappa shape index (κ3) is 1.29. The maximum Gasteiger partial charge on any atom is 0.194 e. The van der Waals surface area contributed by atoms with Crippen LogP contribution in [0.25, 0.3) is 0 Å². The largest absolute Gasteiger partial charge is 0.319 e. The van der Waals surface area contributed by atoms with E-state index in [1.807, 2.05) is 0 Å². The fourth-order valence-electron chi connectivity index (χ4n) is 1.44. The van der Waals surface area contributed by atoms with Gasteiger partial charge in [0.25, 0.3) is 0 Å². The van der Waals surface area contributed by atoms with E-state index in [2.05, 4.69) is 5.32 Å². The van der Waals surface area contributed by atoms with Crippen molar-refractivity contribution >= 4 is 0 Å². The van der Waals surface area contributed by atoms with Crippen molar-refractivity contribution < 1.29 is 13.2 Å². The Balaban J connectivity index is 2.45. The van der Waals surface area contributed by atoms with Crippen LogP contribution in [0, 0.1) is 17.5 Å². The van der Waals surface area contributed by atoms with Gasteiger partial charge in [-0.3, -0.25) is 0 Å². The Morgan fingerprint density at radius 2 is 1.64 bits per heavy atom. The first-order valence-corrected chi connectivity index (χ1v) is 4.17. The first-order valence-electron chi connectivity index (χ1n) is 4.17. The molecule has 0 unspecified atom stereocenters. The molecule has 1 fully saturated rings. The summed E-state index contributed by atoms with van der Waals surface area (Å²) in [5.41, 5.74) is 5.31. The second-order valence-corrected chi connectivity index (χ2v) is 3.51. The van der Waals surface area contributed by atoms with Crippen molar-refractivity contribution in [2.24, 2.45) is 5.73 Å². The van der Waals surface area contributed by atoms with Gasteiger partial charge in [-0.05, 0) is 17.7 Å². The molecule has 0 atom stereocenters. The Kier molecular flexibility index (Phi) is 2.01. The normalized spacial score (nSPS) is 19.1. The lowest BCUT2D eigenvalue weighted by Gasteiger charge is -2.39. The molecule has 0 spiro atoms. The molecular weight excluding hydrogens is 193 g/mol. The molecule has 1 aromatic rings. The molecule has 14 heavy (non-hydrogen) atoms. The highest BCUT2D eigenvalue weighted by Crippen LogP contribution is 2.25. The summed E-state index contributed by atoms with van der Waals surface area (Å²) in [6.07, 6.45) is 0. The van der Waals surface area contributed by atoms with Crippen LogP contribution in [0.15, 0.2) is 12.1 Å². The first-order chi connectivity index (χ1) is 6.53. The first kappa shape index (κ1) is 9.48. The van der Waals surface area contributed by atoms with Crippen molar-refractivity contribution in [1.82, 2.24) is 5.32 Å². The number of benzene rings is 1. The fourth-order valence-corrected chi connectivity index (χ4v) is 1.44. The number of rotatable bonds is 1. The fraction of sp³-hybridized carbons (Fsp3) is 0.333. The molecule has 0 aliphatic carbocycles. The van der Waals surface area contributed by atoms with E-state index < -0.39 is 23.0 Å². The minimum absolute atomic E-state index is 0.285. The Morgan fingerprint density at radius 1 is 1.14 bits per heavy atom. The second-order valence-electron chi connectivity index (χ2n) is 3.51. The average molecular weight is 202 g/mol. The molecule has 5 heteroatoms. The summed E-state index contributed by atoms with van der Waals surface area (Å²) in [7, 11) is 0. The number of hydrogen-bond donors (Lipinski definition) is 2. The molecule has 2 rings (SSSR count). The molecule has 1 saturated heterocycles. The van der Waals surface area contributed by atoms with Gasteiger partial charge < -0.3 is 11.1 Å². The topological polar surface area (TPSA) is 38.0 Å². The summed E-state index contributed by atoms with van der Waals surface area (Å²) in [5, 5.41) is 2.89. The van der Waals surface area contributed by atoms with Gasteiger partial charge in [-0.25, -0.2) is 13.2 Å². The molecule has 0 saturated carbocycles. The van der Waals surface area contributed by atoms with Crippen LogP contribution in [0.4, 0.5) is 13.2 Å². The van der Waals surface area contributed by atoms with E-state index in [-0.39, 0.29) is 5.56 Å². The van der Waals surface area contributed by atoms with E-state index >= 15 is 0 Å². The highest BCUT2D eigenvalue weighted by molar-refractivity contribution is 5.30. The van der Waals surface area contributed by atoms with Crippen molar-refractivity contribution in [3.63, 3.8) is 0 Å². The Labute approximate surface area is 78.9 Å². The standard InChI is InChI=1S/C9H9F3N2/c10-6-1-5(2-7(11)8(6)12)9(13)3-14-4-9/h1-2,14H,3-4,13H2. The van der Waals surface area contributed by atoms with Gasteiger partial charge in [0.1, 0.15) is 0 Å². The third-order valence-electron chi connectivity index (χ3n) is 2.44. The zero-order valence-electron chi connectivity index (χ0n) is 7.28. The summed E-state index contributed by atoms with van der Waals surface area (Å²) in [4.78, 5) is 0. The van der Waals surface area contributed by atoms with Gasteiger partial charge >= 0.3 is 0 Å². The monoisotopic (exact) mass is 202 g/mol. The molecule has 1 aromatic carbocycles. The van der Waals surface area contributed by atoms with Crippen LogP contribution in [-0.2, 0) is 5.54 Å². The molecule has 0 bridgehead atoms. The molecule has 1 heterocycles. The number of nitrogens with two attached hydrogens (primary N) is 1. The van der Waals surface area contributed by atoms with Crippen molar-refractivity contribution in [1.29, 1.82) is 0 Å². The van der Waals surface area contributed by atoms with E-state index in [1.165, 1.54) is 0 Å². The minimum atomic E-state index is -1.45. The molecule has 0 aromatic heterocycles. The van der Waals surface area contributed by atoms with Crippen LogP contribution in [0.2, 0.25) is 0 Å². The van der Waals surface area contributed by atoms with Crippen molar-refractivity contribution in [3.05, 3.63) is 35.1 Å². The number of hydrogen-bond acceptors (Lipinski definition) is 2. The molecule has 1 aliphatic heterocycles. The lowest BCUT2D eigenvalue weighted by Crippen LogP contribution is -2.62. The lowest BCUT2D eigenvalue weighted by atomic mass is 9.85. The van der Waals surface area contributed by atoms with Gasteiger partial charge in [0.15, 0.2) is 17.5 Å². The Morgan fingerprint density at radius 3 is 2.00 bits per heavy atom. The van der Waals surface area contributed by atoms with Gasteiger partial charge in [0.2, 0.25) is 0 Å². The van der Waals surface area contributed by atoms with Gasteiger partial charge in [0.05, 0.1) is 5.54 Å². The van der Waals surface area contributed by atoms with Crippen LogP contribution in [0.5, 0.6) is 0 Å². The summed E-state index contributed by atoms with van der Waals surface area (Å²) in [5.74, 6) is -3.85. The maximum absolute atomic E-state index is 12.8. The van der Waals surface area contributed by atoms with E-state index in [0.29, 0.717) is 13.1 Å². The van der Waals surface area contributed by atoms with Crippen molar-refractivity contribution in [2.45, 2.75) is 5.54 Å². The molecule has 76 valence electrons. The quantitative estimate of drug-likeness (QED) is 0.663. The molecule has 1 aliphatic rings. The summed E-state index contributed by atoms with van der Waals surface area (Å²) in [6, 6.07) is 1.89. The third-order valence-corrected chi connectivity index (χ3v) is 2.44. The SMILES string of the molecule is NC1(c2cc(F)c(F)c(F)c2)CNC1. The van der Waals surface area contributed by atoms with Gasteiger partial charge in [0, 0.05) is 13.1 Å². The second kappa shape index (κ2) is 2.96. The Bertz CT molecular complexity index is 351. The van der Waals surface area contributed by atoms with Crippen LogP contribution in [0.3, 0.4) is 0 Å². The lowest BCUT2D eigenvalue weighted by molar-refractivity contribution is 0.283. The minimum Gasteiger partial charge on any atom is -0.319 e. The molecular formula is C9H9F3N2. The predicted molar refractivity (Wildman–Crippen MR) is 45.1 cm³/mol. The summed E-state index contributed by atoms with van der Waals surface area (Å²) >= 11 is 0. The number of nitrogens with one attached hydrogen (secondary N) is 1. The highest BCUT2D eigenvalue weighted by Gasteiger charge is 2.35.